The van der Waals surface area contributed by atoms with Gasteiger partial charge >= 0.3 is 0 Å². The van der Waals surface area contributed by atoms with Crippen LogP contribution in [0.25, 0.3) is 99.7 Å². The Morgan fingerprint density at radius 2 is 1.10 bits per heavy atom. The molecular formula is C44H26N4O. The molecule has 3 heterocycles. The summed E-state index contributed by atoms with van der Waals surface area (Å²) in [4.78, 5) is 19.9. The molecule has 7 aromatic carbocycles. The van der Waals surface area contributed by atoms with E-state index in [1.807, 2.05) is 36.5 Å². The lowest BCUT2D eigenvalue weighted by molar-refractivity contribution is 0.668. The molecule has 0 aliphatic rings. The molecule has 0 N–H and O–H groups in total. The number of pyridine rings is 1. The van der Waals surface area contributed by atoms with Crippen molar-refractivity contribution < 1.29 is 4.42 Å². The number of rotatable bonds is 4. The first-order chi connectivity index (χ1) is 24.3. The highest BCUT2D eigenvalue weighted by Gasteiger charge is 2.18. The van der Waals surface area contributed by atoms with Gasteiger partial charge in [0, 0.05) is 39.2 Å². The molecule has 0 amide bonds. The summed E-state index contributed by atoms with van der Waals surface area (Å²) in [6.07, 6.45) is 1.87. The largest absolute Gasteiger partial charge is 0.454 e. The molecule has 0 saturated carbocycles. The van der Waals surface area contributed by atoms with E-state index >= 15 is 0 Å². The summed E-state index contributed by atoms with van der Waals surface area (Å²) in [5.74, 6) is 1.90. The van der Waals surface area contributed by atoms with Crippen molar-refractivity contribution >= 4 is 54.3 Å². The fourth-order valence-electron chi connectivity index (χ4n) is 6.97. The van der Waals surface area contributed by atoms with Crippen molar-refractivity contribution in [1.29, 1.82) is 0 Å². The Morgan fingerprint density at radius 1 is 0.408 bits per heavy atom. The van der Waals surface area contributed by atoms with Gasteiger partial charge in [0.25, 0.3) is 0 Å². The molecule has 0 radical (unpaired) electrons. The molecule has 0 saturated heterocycles. The molecule has 0 atom stereocenters. The third kappa shape index (κ3) is 4.55. The van der Waals surface area contributed by atoms with Gasteiger partial charge in [0.2, 0.25) is 0 Å². The van der Waals surface area contributed by atoms with E-state index in [1.165, 1.54) is 16.2 Å². The lowest BCUT2D eigenvalue weighted by Crippen LogP contribution is -2.00. The van der Waals surface area contributed by atoms with Crippen LogP contribution in [0.3, 0.4) is 0 Å². The average Bonchev–Trinajstić information content (AvgIpc) is 3.57. The first-order valence-electron chi connectivity index (χ1n) is 16.3. The van der Waals surface area contributed by atoms with Crippen LogP contribution in [0.1, 0.15) is 0 Å². The van der Waals surface area contributed by atoms with Gasteiger partial charge in [-0.2, -0.15) is 0 Å². The maximum atomic E-state index is 6.50. The number of nitrogens with zero attached hydrogens (tertiary/aromatic N) is 4. The maximum absolute atomic E-state index is 6.50. The van der Waals surface area contributed by atoms with Gasteiger partial charge in [-0.05, 0) is 56.6 Å². The first-order valence-corrected chi connectivity index (χ1v) is 16.3. The number of hydrogen-bond acceptors (Lipinski definition) is 5. The van der Waals surface area contributed by atoms with Crippen LogP contribution in [0, 0.1) is 0 Å². The third-order valence-electron chi connectivity index (χ3n) is 9.35. The summed E-state index contributed by atoms with van der Waals surface area (Å²) in [5.41, 5.74) is 6.26. The van der Waals surface area contributed by atoms with Crippen LogP contribution in [-0.2, 0) is 0 Å². The SMILES string of the molecule is c1ccc(-c2nc(-c3ccc4ccccc4c3)nc(-c3cccc4cc(-c5nccc6c5oc5ccc7ccccc7c56)ccc34)n2)cc1. The highest BCUT2D eigenvalue weighted by molar-refractivity contribution is 6.20. The second-order valence-electron chi connectivity index (χ2n) is 12.3. The Morgan fingerprint density at radius 3 is 2.00 bits per heavy atom. The van der Waals surface area contributed by atoms with Crippen molar-refractivity contribution in [3.8, 4) is 45.4 Å². The lowest BCUT2D eigenvalue weighted by atomic mass is 9.99. The summed E-state index contributed by atoms with van der Waals surface area (Å²) >= 11 is 0. The molecule has 10 aromatic rings. The number of furan rings is 1. The minimum Gasteiger partial charge on any atom is -0.454 e. The monoisotopic (exact) mass is 626 g/mol. The fourth-order valence-corrected chi connectivity index (χ4v) is 6.97. The standard InChI is InChI=1S/C44H26N4O/c1-2-11-29(12-3-1)42-46-43(33-18-17-27-9-4-5-13-30(27)25-33)48-44(47-42)36-16-8-14-31-26-32(19-21-34(31)36)40-41-37(23-24-45-40)39-35-15-7-6-10-28(35)20-22-38(39)49-41/h1-26H. The molecule has 0 unspecified atom stereocenters. The summed E-state index contributed by atoms with van der Waals surface area (Å²) in [5, 5.41) is 8.96. The topological polar surface area (TPSA) is 64.7 Å². The van der Waals surface area contributed by atoms with Crippen molar-refractivity contribution in [1.82, 2.24) is 19.9 Å². The minimum atomic E-state index is 0.625. The Kier molecular flexibility index (Phi) is 6.11. The Bertz CT molecular complexity index is 2890. The molecule has 49 heavy (non-hydrogen) atoms. The summed E-state index contributed by atoms with van der Waals surface area (Å²) < 4.78 is 6.50. The summed E-state index contributed by atoms with van der Waals surface area (Å²) in [7, 11) is 0. The van der Waals surface area contributed by atoms with Crippen LogP contribution in [0.2, 0.25) is 0 Å². The third-order valence-corrected chi connectivity index (χ3v) is 9.35. The highest BCUT2D eigenvalue weighted by Crippen LogP contribution is 2.39. The Labute approximate surface area is 281 Å². The van der Waals surface area contributed by atoms with Crippen molar-refractivity contribution in [3.63, 3.8) is 0 Å². The van der Waals surface area contributed by atoms with E-state index in [9.17, 15) is 0 Å². The predicted molar refractivity (Wildman–Crippen MR) is 199 cm³/mol. The zero-order valence-corrected chi connectivity index (χ0v) is 26.2. The molecule has 0 spiro atoms. The van der Waals surface area contributed by atoms with Gasteiger partial charge < -0.3 is 4.42 Å². The molecule has 5 nitrogen and oxygen atoms in total. The van der Waals surface area contributed by atoms with Crippen LogP contribution in [-0.4, -0.2) is 19.9 Å². The smallest absolute Gasteiger partial charge is 0.164 e. The van der Waals surface area contributed by atoms with E-state index in [4.69, 9.17) is 24.4 Å². The number of benzene rings is 7. The van der Waals surface area contributed by atoms with E-state index < -0.39 is 0 Å². The molecule has 228 valence electrons. The van der Waals surface area contributed by atoms with Gasteiger partial charge in [-0.15, -0.1) is 0 Å². The van der Waals surface area contributed by atoms with Crippen molar-refractivity contribution in [2.75, 3.05) is 0 Å². The van der Waals surface area contributed by atoms with Crippen LogP contribution in [0.5, 0.6) is 0 Å². The van der Waals surface area contributed by atoms with Gasteiger partial charge in [-0.1, -0.05) is 127 Å². The predicted octanol–water partition coefficient (Wildman–Crippen LogP) is 11.3. The molecule has 0 aliphatic heterocycles. The van der Waals surface area contributed by atoms with Crippen LogP contribution < -0.4 is 0 Å². The fraction of sp³-hybridized carbons (Fsp3) is 0. The number of hydrogen-bond donors (Lipinski definition) is 0. The first kappa shape index (κ1) is 27.4. The molecule has 10 rings (SSSR count). The van der Waals surface area contributed by atoms with E-state index in [-0.39, 0.29) is 0 Å². The zero-order valence-electron chi connectivity index (χ0n) is 26.2. The van der Waals surface area contributed by atoms with Gasteiger partial charge in [0.15, 0.2) is 23.1 Å². The van der Waals surface area contributed by atoms with Crippen molar-refractivity contribution in [3.05, 3.63) is 158 Å². The zero-order chi connectivity index (χ0) is 32.3. The van der Waals surface area contributed by atoms with E-state index in [1.54, 1.807) is 0 Å². The molecule has 5 heteroatoms. The van der Waals surface area contributed by atoms with E-state index in [0.29, 0.717) is 17.5 Å². The van der Waals surface area contributed by atoms with Crippen molar-refractivity contribution in [2.24, 2.45) is 0 Å². The highest BCUT2D eigenvalue weighted by atomic mass is 16.3. The molecule has 0 fully saturated rings. The van der Waals surface area contributed by atoms with Crippen LogP contribution in [0.4, 0.5) is 0 Å². The number of fused-ring (bicyclic) bond motifs is 7. The Balaban J connectivity index is 1.13. The maximum Gasteiger partial charge on any atom is 0.164 e. The molecular weight excluding hydrogens is 601 g/mol. The van der Waals surface area contributed by atoms with E-state index in [2.05, 4.69) is 121 Å². The summed E-state index contributed by atoms with van der Waals surface area (Å²) in [6.45, 7) is 0. The average molecular weight is 627 g/mol. The normalized spacial score (nSPS) is 11.7. The van der Waals surface area contributed by atoms with Crippen LogP contribution >= 0.6 is 0 Å². The summed E-state index contributed by atoms with van der Waals surface area (Å²) in [6, 6.07) is 52.1. The molecule has 0 aliphatic carbocycles. The van der Waals surface area contributed by atoms with Gasteiger partial charge in [0.1, 0.15) is 11.3 Å². The quantitative estimate of drug-likeness (QED) is 0.194. The van der Waals surface area contributed by atoms with Gasteiger partial charge in [-0.25, -0.2) is 15.0 Å². The minimum absolute atomic E-state index is 0.625. The molecule has 3 aromatic heterocycles. The molecule has 0 bridgehead atoms. The van der Waals surface area contributed by atoms with Gasteiger partial charge in [0.05, 0.1) is 0 Å². The Hall–Kier alpha value is -6.72. The number of aromatic nitrogens is 4. The van der Waals surface area contributed by atoms with E-state index in [0.717, 1.165) is 66.0 Å². The lowest BCUT2D eigenvalue weighted by Gasteiger charge is -2.11. The van der Waals surface area contributed by atoms with Gasteiger partial charge in [-0.3, -0.25) is 4.98 Å². The van der Waals surface area contributed by atoms with Crippen LogP contribution in [0.15, 0.2) is 162 Å². The second-order valence-corrected chi connectivity index (χ2v) is 12.3. The second kappa shape index (κ2) is 10.9. The van der Waals surface area contributed by atoms with Crippen molar-refractivity contribution in [2.45, 2.75) is 0 Å².